The molecule has 0 atom stereocenters. The normalized spacial score (nSPS) is 10.4. The summed E-state index contributed by atoms with van der Waals surface area (Å²) >= 11 is 0. The van der Waals surface area contributed by atoms with Gasteiger partial charge >= 0.3 is 23.9 Å². The van der Waals surface area contributed by atoms with Crippen molar-refractivity contribution in [1.82, 2.24) is 0 Å². The number of aliphatic hydroxyl groups excluding tert-OH is 1. The summed E-state index contributed by atoms with van der Waals surface area (Å²) in [5.74, 6) is -2.26. The van der Waals surface area contributed by atoms with Crippen molar-refractivity contribution in [3.63, 3.8) is 0 Å². The molecule has 0 bridgehead atoms. The Bertz CT molecular complexity index is 697. The summed E-state index contributed by atoms with van der Waals surface area (Å²) < 4.78 is 15.2. The molecule has 9 heteroatoms. The highest BCUT2D eigenvalue weighted by Gasteiger charge is 2.09. The Labute approximate surface area is 181 Å². The molecular weight excluding hydrogens is 408 g/mol. The zero-order valence-electron chi connectivity index (χ0n) is 17.5. The van der Waals surface area contributed by atoms with Gasteiger partial charge in [-0.3, -0.25) is 9.59 Å². The molecule has 0 unspecified atom stereocenters. The third-order valence-electron chi connectivity index (χ3n) is 4.23. The molecule has 0 fully saturated rings. The van der Waals surface area contributed by atoms with Crippen LogP contribution in [-0.4, -0.2) is 60.5 Å². The highest BCUT2D eigenvalue weighted by atomic mass is 16.5. The van der Waals surface area contributed by atoms with E-state index in [1.807, 2.05) is 0 Å². The number of unbranched alkanes of at least 4 members (excludes halogenated alkanes) is 3. The molecule has 0 aliphatic carbocycles. The molecule has 9 nitrogen and oxygen atoms in total. The molecule has 172 valence electrons. The van der Waals surface area contributed by atoms with Gasteiger partial charge in [-0.25, -0.2) is 9.59 Å². The van der Waals surface area contributed by atoms with Crippen LogP contribution >= 0.6 is 0 Å². The smallest absolute Gasteiger partial charge is 0.338 e. The molecule has 0 heterocycles. The van der Waals surface area contributed by atoms with Gasteiger partial charge in [0, 0.05) is 19.4 Å². The number of benzene rings is 1. The van der Waals surface area contributed by atoms with Gasteiger partial charge in [0.05, 0.1) is 30.9 Å². The molecule has 0 aromatic heterocycles. The van der Waals surface area contributed by atoms with Crippen LogP contribution in [0.5, 0.6) is 0 Å². The van der Waals surface area contributed by atoms with E-state index < -0.39 is 11.9 Å². The maximum atomic E-state index is 11.9. The standard InChI is InChI=1S/C22H30O9/c23-13-3-4-14-29-19(24)7-1-2-8-20(25)30-15-5-6-16-31-22(28)18-11-9-17(10-12-18)21(26)27/h9-12,23H,1-8,13-16H2,(H,26,27). The first-order chi connectivity index (χ1) is 14.9. The lowest BCUT2D eigenvalue weighted by molar-refractivity contribution is -0.146. The van der Waals surface area contributed by atoms with Gasteiger partial charge in [0.15, 0.2) is 0 Å². The first-order valence-corrected chi connectivity index (χ1v) is 10.4. The van der Waals surface area contributed by atoms with Crippen molar-refractivity contribution in [2.24, 2.45) is 0 Å². The molecule has 2 N–H and O–H groups in total. The van der Waals surface area contributed by atoms with E-state index in [9.17, 15) is 19.2 Å². The molecule has 1 rings (SSSR count). The number of carbonyl (C=O) groups excluding carboxylic acids is 3. The van der Waals surface area contributed by atoms with Crippen molar-refractivity contribution in [2.45, 2.75) is 51.4 Å². The number of hydrogen-bond acceptors (Lipinski definition) is 8. The lowest BCUT2D eigenvalue weighted by Crippen LogP contribution is -2.10. The van der Waals surface area contributed by atoms with E-state index in [0.29, 0.717) is 45.1 Å². The molecular formula is C22H30O9. The topological polar surface area (TPSA) is 136 Å². The van der Waals surface area contributed by atoms with E-state index in [1.165, 1.54) is 24.3 Å². The van der Waals surface area contributed by atoms with Crippen molar-refractivity contribution >= 4 is 23.9 Å². The van der Waals surface area contributed by atoms with Crippen LogP contribution < -0.4 is 0 Å². The van der Waals surface area contributed by atoms with Crippen LogP contribution in [0.15, 0.2) is 24.3 Å². The Hall–Kier alpha value is -2.94. The SMILES string of the molecule is O=C(CCCCC(=O)OCCCCOC(=O)c1ccc(C(=O)O)cc1)OCCCCO. The maximum Gasteiger partial charge on any atom is 0.338 e. The maximum absolute atomic E-state index is 11.9. The Morgan fingerprint density at radius 3 is 1.58 bits per heavy atom. The van der Waals surface area contributed by atoms with E-state index in [2.05, 4.69) is 0 Å². The number of carbonyl (C=O) groups is 4. The van der Waals surface area contributed by atoms with Crippen LogP contribution in [0.25, 0.3) is 0 Å². The summed E-state index contributed by atoms with van der Waals surface area (Å²) in [5.41, 5.74) is 0.359. The summed E-state index contributed by atoms with van der Waals surface area (Å²) in [6, 6.07) is 5.45. The lowest BCUT2D eigenvalue weighted by atomic mass is 10.1. The number of carboxylic acids is 1. The van der Waals surface area contributed by atoms with Gasteiger partial charge < -0.3 is 24.4 Å². The average Bonchev–Trinajstić information content (AvgIpc) is 2.76. The average molecular weight is 438 g/mol. The number of esters is 3. The van der Waals surface area contributed by atoms with Crippen LogP contribution in [0.4, 0.5) is 0 Å². The van der Waals surface area contributed by atoms with Gasteiger partial charge in [0.25, 0.3) is 0 Å². The first kappa shape index (κ1) is 26.1. The summed E-state index contributed by atoms with van der Waals surface area (Å²) in [5, 5.41) is 17.5. The second-order valence-corrected chi connectivity index (χ2v) is 6.80. The quantitative estimate of drug-likeness (QED) is 0.227. The number of ether oxygens (including phenoxy) is 3. The molecule has 0 saturated carbocycles. The molecule has 1 aromatic rings. The van der Waals surface area contributed by atoms with Gasteiger partial charge in [-0.15, -0.1) is 0 Å². The van der Waals surface area contributed by atoms with Crippen LogP contribution in [0.2, 0.25) is 0 Å². The van der Waals surface area contributed by atoms with Gasteiger partial charge in [-0.2, -0.15) is 0 Å². The molecule has 0 aliphatic heterocycles. The number of aliphatic hydroxyl groups is 1. The van der Waals surface area contributed by atoms with E-state index in [0.717, 1.165) is 0 Å². The van der Waals surface area contributed by atoms with Gasteiger partial charge in [0.1, 0.15) is 0 Å². The van der Waals surface area contributed by atoms with Crippen molar-refractivity contribution in [3.05, 3.63) is 35.4 Å². The van der Waals surface area contributed by atoms with Crippen molar-refractivity contribution < 1.29 is 43.6 Å². The number of aromatic carboxylic acids is 1. The summed E-state index contributed by atoms with van der Waals surface area (Å²) in [7, 11) is 0. The molecule has 1 aromatic carbocycles. The van der Waals surface area contributed by atoms with Crippen LogP contribution in [-0.2, 0) is 23.8 Å². The zero-order chi connectivity index (χ0) is 22.9. The van der Waals surface area contributed by atoms with Gasteiger partial charge in [-0.1, -0.05) is 0 Å². The molecule has 0 spiro atoms. The fourth-order valence-electron chi connectivity index (χ4n) is 2.47. The number of carboxylic acid groups (broad SMARTS) is 1. The highest BCUT2D eigenvalue weighted by Crippen LogP contribution is 2.07. The third-order valence-corrected chi connectivity index (χ3v) is 4.23. The number of hydrogen-bond donors (Lipinski definition) is 2. The zero-order valence-corrected chi connectivity index (χ0v) is 17.5. The third kappa shape index (κ3) is 12.4. The minimum atomic E-state index is -1.07. The minimum Gasteiger partial charge on any atom is -0.478 e. The molecule has 31 heavy (non-hydrogen) atoms. The Morgan fingerprint density at radius 2 is 1.10 bits per heavy atom. The van der Waals surface area contributed by atoms with Crippen LogP contribution in [0.1, 0.15) is 72.1 Å². The predicted molar refractivity (Wildman–Crippen MR) is 110 cm³/mol. The Morgan fingerprint density at radius 1 is 0.645 bits per heavy atom. The van der Waals surface area contributed by atoms with E-state index in [1.54, 1.807) is 0 Å². The minimum absolute atomic E-state index is 0.0787. The van der Waals surface area contributed by atoms with E-state index in [4.69, 9.17) is 24.4 Å². The largest absolute Gasteiger partial charge is 0.478 e. The Balaban J connectivity index is 2.01. The number of rotatable bonds is 16. The van der Waals surface area contributed by atoms with Crippen LogP contribution in [0, 0.1) is 0 Å². The molecule has 0 aliphatic rings. The second-order valence-electron chi connectivity index (χ2n) is 6.80. The molecule has 0 radical (unpaired) electrons. The summed E-state index contributed by atoms with van der Waals surface area (Å²) in [6.07, 6.45) is 3.83. The summed E-state index contributed by atoms with van der Waals surface area (Å²) in [6.45, 7) is 0.761. The van der Waals surface area contributed by atoms with Crippen LogP contribution in [0.3, 0.4) is 0 Å². The van der Waals surface area contributed by atoms with E-state index >= 15 is 0 Å². The molecule has 0 amide bonds. The van der Waals surface area contributed by atoms with Crippen molar-refractivity contribution in [1.29, 1.82) is 0 Å². The summed E-state index contributed by atoms with van der Waals surface area (Å²) in [4.78, 5) is 45.7. The van der Waals surface area contributed by atoms with Crippen molar-refractivity contribution in [3.8, 4) is 0 Å². The monoisotopic (exact) mass is 438 g/mol. The fraction of sp³-hybridized carbons (Fsp3) is 0.545. The van der Waals surface area contributed by atoms with Gasteiger partial charge in [0.2, 0.25) is 0 Å². The van der Waals surface area contributed by atoms with Gasteiger partial charge in [-0.05, 0) is 62.8 Å². The van der Waals surface area contributed by atoms with E-state index in [-0.39, 0.29) is 55.7 Å². The highest BCUT2D eigenvalue weighted by molar-refractivity contribution is 5.92. The molecule has 0 saturated heterocycles. The lowest BCUT2D eigenvalue weighted by Gasteiger charge is -2.07. The van der Waals surface area contributed by atoms with Crippen molar-refractivity contribution in [2.75, 3.05) is 26.4 Å². The Kier molecular flexibility index (Phi) is 13.3. The fourth-order valence-corrected chi connectivity index (χ4v) is 2.47. The first-order valence-electron chi connectivity index (χ1n) is 10.4. The second kappa shape index (κ2) is 15.8. The predicted octanol–water partition coefficient (Wildman–Crippen LogP) is 2.74.